The first kappa shape index (κ1) is 22.8. The Bertz CT molecular complexity index is 517. The van der Waals surface area contributed by atoms with E-state index in [-0.39, 0.29) is 12.1 Å². The van der Waals surface area contributed by atoms with Crippen LogP contribution in [0.25, 0.3) is 0 Å². The first-order valence-corrected chi connectivity index (χ1v) is 11.3. The van der Waals surface area contributed by atoms with Crippen LogP contribution in [0.15, 0.2) is 11.6 Å². The largest absolute Gasteiger partial charge is 0.466 e. The van der Waals surface area contributed by atoms with Gasteiger partial charge in [-0.25, -0.2) is 4.79 Å². The maximum absolute atomic E-state index is 12.1. The minimum absolute atomic E-state index is 0.223. The molecule has 0 aromatic rings. The number of nitrogens with one attached hydrogen (secondary N) is 1. The molecule has 0 spiro atoms. The number of carbonyl (C=O) groups is 2. The average molecular weight is 394 g/mol. The Morgan fingerprint density at radius 3 is 2.68 bits per heavy atom. The summed E-state index contributed by atoms with van der Waals surface area (Å²) in [5.74, 6) is 1.73. The zero-order valence-electron chi connectivity index (χ0n) is 17.8. The van der Waals surface area contributed by atoms with Gasteiger partial charge in [-0.1, -0.05) is 44.3 Å². The maximum Gasteiger partial charge on any atom is 0.407 e. The third-order valence-electron chi connectivity index (χ3n) is 6.19. The van der Waals surface area contributed by atoms with Gasteiger partial charge < -0.3 is 14.8 Å². The van der Waals surface area contributed by atoms with Crippen molar-refractivity contribution in [2.24, 2.45) is 17.8 Å². The summed E-state index contributed by atoms with van der Waals surface area (Å²) in [7, 11) is 0. The number of hydrogen-bond acceptors (Lipinski definition) is 4. The molecule has 3 atom stereocenters. The van der Waals surface area contributed by atoms with E-state index in [1.807, 2.05) is 0 Å². The van der Waals surface area contributed by atoms with Gasteiger partial charge in [-0.05, 0) is 56.8 Å². The van der Waals surface area contributed by atoms with Crippen LogP contribution in [-0.4, -0.2) is 31.8 Å². The molecule has 0 saturated heterocycles. The number of hydrogen-bond donors (Lipinski definition) is 1. The highest BCUT2D eigenvalue weighted by Crippen LogP contribution is 2.49. The summed E-state index contributed by atoms with van der Waals surface area (Å²) < 4.78 is 10.5. The van der Waals surface area contributed by atoms with Crippen LogP contribution in [0.3, 0.4) is 0 Å². The van der Waals surface area contributed by atoms with Crippen LogP contribution in [-0.2, 0) is 14.3 Å². The lowest BCUT2D eigenvalue weighted by Gasteiger charge is -2.28. The monoisotopic (exact) mass is 393 g/mol. The van der Waals surface area contributed by atoms with Gasteiger partial charge in [-0.15, -0.1) is 0 Å². The molecule has 0 radical (unpaired) electrons. The second kappa shape index (κ2) is 12.8. The highest BCUT2D eigenvalue weighted by atomic mass is 16.5. The molecule has 160 valence electrons. The molecule has 1 amide bonds. The Morgan fingerprint density at radius 1 is 1.11 bits per heavy atom. The predicted molar refractivity (Wildman–Crippen MR) is 111 cm³/mol. The standard InChI is InChI=1S/C23H39NO4/c1-3-4-11-20-16-19-12-7-8-13-21(19)22(20)17-28-23(26)24-14-9-5-6-10-15-27-18(2)25/h11,19,21-22H,3-10,12-17H2,1-2H3,(H,24,26)/b20-11+. The normalized spacial score (nSPS) is 25.4. The first-order chi connectivity index (χ1) is 13.6. The number of alkyl carbamates (subject to hydrolysis) is 1. The van der Waals surface area contributed by atoms with Gasteiger partial charge in [0.05, 0.1) is 13.2 Å². The zero-order chi connectivity index (χ0) is 20.2. The van der Waals surface area contributed by atoms with Gasteiger partial charge >= 0.3 is 12.1 Å². The van der Waals surface area contributed by atoms with Crippen LogP contribution < -0.4 is 5.32 Å². The van der Waals surface area contributed by atoms with E-state index < -0.39 is 0 Å². The van der Waals surface area contributed by atoms with Crippen LogP contribution in [0, 0.1) is 17.8 Å². The summed E-state index contributed by atoms with van der Waals surface area (Å²) in [5.41, 5.74) is 1.54. The second-order valence-electron chi connectivity index (χ2n) is 8.37. The quantitative estimate of drug-likeness (QED) is 0.290. The molecule has 2 fully saturated rings. The van der Waals surface area contributed by atoms with E-state index in [1.54, 1.807) is 5.57 Å². The minimum Gasteiger partial charge on any atom is -0.466 e. The zero-order valence-corrected chi connectivity index (χ0v) is 17.8. The first-order valence-electron chi connectivity index (χ1n) is 11.3. The lowest BCUT2D eigenvalue weighted by Crippen LogP contribution is -2.29. The minimum atomic E-state index is -0.283. The molecule has 0 heterocycles. The van der Waals surface area contributed by atoms with Crippen molar-refractivity contribution in [3.63, 3.8) is 0 Å². The summed E-state index contributed by atoms with van der Waals surface area (Å²) >= 11 is 0. The van der Waals surface area contributed by atoms with Crippen LogP contribution >= 0.6 is 0 Å². The van der Waals surface area contributed by atoms with Crippen molar-refractivity contribution in [3.8, 4) is 0 Å². The molecule has 2 saturated carbocycles. The summed E-state index contributed by atoms with van der Waals surface area (Å²) in [5, 5.41) is 2.88. The van der Waals surface area contributed by atoms with Crippen molar-refractivity contribution >= 4 is 12.1 Å². The van der Waals surface area contributed by atoms with Crippen molar-refractivity contribution in [3.05, 3.63) is 11.6 Å². The highest BCUT2D eigenvalue weighted by molar-refractivity contribution is 5.67. The van der Waals surface area contributed by atoms with Gasteiger partial charge in [-0.2, -0.15) is 0 Å². The Balaban J connectivity index is 1.63. The fraction of sp³-hybridized carbons (Fsp3) is 0.826. The number of esters is 1. The molecule has 0 bridgehead atoms. The molecule has 28 heavy (non-hydrogen) atoms. The van der Waals surface area contributed by atoms with Gasteiger partial charge in [0.25, 0.3) is 0 Å². The number of allylic oxidation sites excluding steroid dienone is 1. The second-order valence-corrected chi connectivity index (χ2v) is 8.37. The molecule has 2 aliphatic carbocycles. The molecule has 1 N–H and O–H groups in total. The number of amides is 1. The third-order valence-corrected chi connectivity index (χ3v) is 6.19. The molecular formula is C23H39NO4. The van der Waals surface area contributed by atoms with Crippen molar-refractivity contribution in [1.82, 2.24) is 5.32 Å². The predicted octanol–water partition coefficient (Wildman–Crippen LogP) is 5.39. The molecular weight excluding hydrogens is 354 g/mol. The van der Waals surface area contributed by atoms with E-state index in [2.05, 4.69) is 18.3 Å². The van der Waals surface area contributed by atoms with Gasteiger partial charge in [0.2, 0.25) is 0 Å². The SMILES string of the molecule is CCC/C=C1\CC2CCCCC2C1COC(=O)NCCCCCCOC(C)=O. The number of unbranched alkanes of at least 4 members (excludes halogenated alkanes) is 4. The topological polar surface area (TPSA) is 64.6 Å². The van der Waals surface area contributed by atoms with E-state index in [9.17, 15) is 9.59 Å². The van der Waals surface area contributed by atoms with E-state index >= 15 is 0 Å². The third kappa shape index (κ3) is 7.84. The van der Waals surface area contributed by atoms with E-state index in [4.69, 9.17) is 9.47 Å². The molecule has 2 aliphatic rings. The lowest BCUT2D eigenvalue weighted by molar-refractivity contribution is -0.141. The maximum atomic E-state index is 12.1. The molecule has 5 nitrogen and oxygen atoms in total. The number of fused-ring (bicyclic) bond motifs is 1. The van der Waals surface area contributed by atoms with Gasteiger partial charge in [-0.3, -0.25) is 4.79 Å². The Morgan fingerprint density at radius 2 is 1.89 bits per heavy atom. The summed E-state index contributed by atoms with van der Waals surface area (Å²) in [4.78, 5) is 22.8. The summed E-state index contributed by atoms with van der Waals surface area (Å²) in [6.45, 7) is 5.31. The highest BCUT2D eigenvalue weighted by Gasteiger charge is 2.40. The smallest absolute Gasteiger partial charge is 0.407 e. The van der Waals surface area contributed by atoms with Crippen molar-refractivity contribution < 1.29 is 19.1 Å². The molecule has 3 unspecified atom stereocenters. The van der Waals surface area contributed by atoms with Crippen molar-refractivity contribution in [2.75, 3.05) is 19.8 Å². The van der Waals surface area contributed by atoms with Crippen LogP contribution in [0.5, 0.6) is 0 Å². The molecule has 0 aromatic heterocycles. The van der Waals surface area contributed by atoms with Crippen LogP contribution in [0.4, 0.5) is 4.79 Å². The average Bonchev–Trinajstić information content (AvgIpc) is 3.04. The van der Waals surface area contributed by atoms with Gasteiger partial charge in [0.15, 0.2) is 0 Å². The fourth-order valence-corrected chi connectivity index (χ4v) is 4.75. The van der Waals surface area contributed by atoms with E-state index in [0.717, 1.165) is 38.0 Å². The van der Waals surface area contributed by atoms with Gasteiger partial charge in [0, 0.05) is 19.4 Å². The fourth-order valence-electron chi connectivity index (χ4n) is 4.75. The Labute approximate surface area is 170 Å². The van der Waals surface area contributed by atoms with E-state index in [1.165, 1.54) is 45.4 Å². The molecule has 2 rings (SSSR count). The van der Waals surface area contributed by atoms with Crippen LogP contribution in [0.1, 0.15) is 84.5 Å². The van der Waals surface area contributed by atoms with Crippen molar-refractivity contribution in [1.29, 1.82) is 0 Å². The molecule has 5 heteroatoms. The Kier molecular flexibility index (Phi) is 10.4. The van der Waals surface area contributed by atoms with Crippen LogP contribution in [0.2, 0.25) is 0 Å². The van der Waals surface area contributed by atoms with E-state index in [0.29, 0.717) is 31.6 Å². The molecule has 0 aliphatic heterocycles. The Hall–Kier alpha value is -1.52. The molecule has 0 aromatic carbocycles. The summed E-state index contributed by atoms with van der Waals surface area (Å²) in [6, 6.07) is 0. The number of carbonyl (C=O) groups excluding carboxylic acids is 2. The lowest BCUT2D eigenvalue weighted by atomic mass is 9.78. The van der Waals surface area contributed by atoms with Crippen molar-refractivity contribution in [2.45, 2.75) is 84.5 Å². The summed E-state index contributed by atoms with van der Waals surface area (Å²) in [6.07, 6.45) is 14.8. The van der Waals surface area contributed by atoms with Gasteiger partial charge in [0.1, 0.15) is 0 Å². The number of ether oxygens (including phenoxy) is 2. The number of rotatable bonds is 11.